The lowest BCUT2D eigenvalue weighted by Gasteiger charge is -2.14. The normalized spacial score (nSPS) is 25.5. The van der Waals surface area contributed by atoms with Crippen LogP contribution in [0, 0.1) is 5.92 Å². The summed E-state index contributed by atoms with van der Waals surface area (Å²) in [7, 11) is 1.72. The average Bonchev–Trinajstić information content (AvgIpc) is 2.65. The maximum Gasteiger partial charge on any atom is 0.119 e. The van der Waals surface area contributed by atoms with Crippen LogP contribution in [0.4, 0.5) is 0 Å². The molecular weight excluding hydrogens is 252 g/mol. The van der Waals surface area contributed by atoms with Crippen LogP contribution < -0.4 is 4.74 Å². The Balaban J connectivity index is 2.03. The predicted molar refractivity (Wildman–Crippen MR) is 66.8 cm³/mol. The highest BCUT2D eigenvalue weighted by Crippen LogP contribution is 2.34. The Morgan fingerprint density at radius 3 is 2.93 bits per heavy atom. The van der Waals surface area contributed by atoms with Gasteiger partial charge in [-0.1, -0.05) is 34.5 Å². The fourth-order valence-corrected chi connectivity index (χ4v) is 3.10. The number of hydrogen-bond acceptors (Lipinski definition) is 1. The maximum atomic E-state index is 5.23. The highest BCUT2D eigenvalue weighted by Gasteiger charge is 2.24. The summed E-state index contributed by atoms with van der Waals surface area (Å²) in [5.74, 6) is 1.77. The predicted octanol–water partition coefficient (Wildman–Crippen LogP) is 3.80. The van der Waals surface area contributed by atoms with Gasteiger partial charge in [-0.05, 0) is 42.9 Å². The number of benzene rings is 1. The highest BCUT2D eigenvalue weighted by molar-refractivity contribution is 9.09. The minimum Gasteiger partial charge on any atom is -0.497 e. The number of hydrogen-bond donors (Lipinski definition) is 0. The quantitative estimate of drug-likeness (QED) is 0.758. The molecule has 1 aromatic carbocycles. The van der Waals surface area contributed by atoms with E-state index in [-0.39, 0.29) is 0 Å². The van der Waals surface area contributed by atoms with Crippen LogP contribution in [0.2, 0.25) is 0 Å². The molecule has 1 fully saturated rings. The van der Waals surface area contributed by atoms with Gasteiger partial charge in [-0.15, -0.1) is 0 Å². The number of methoxy groups -OCH3 is 1. The van der Waals surface area contributed by atoms with Crippen LogP contribution in [0.1, 0.15) is 24.8 Å². The third-order valence-electron chi connectivity index (χ3n) is 3.20. The topological polar surface area (TPSA) is 9.23 Å². The summed E-state index contributed by atoms with van der Waals surface area (Å²) in [6.45, 7) is 0. The van der Waals surface area contributed by atoms with Gasteiger partial charge < -0.3 is 4.74 Å². The van der Waals surface area contributed by atoms with Crippen molar-refractivity contribution in [2.75, 3.05) is 7.11 Å². The van der Waals surface area contributed by atoms with Crippen LogP contribution in [-0.4, -0.2) is 11.9 Å². The van der Waals surface area contributed by atoms with Crippen molar-refractivity contribution in [1.29, 1.82) is 0 Å². The Hall–Kier alpha value is -0.500. The van der Waals surface area contributed by atoms with Gasteiger partial charge in [0.25, 0.3) is 0 Å². The molecule has 0 heterocycles. The van der Waals surface area contributed by atoms with E-state index in [1.807, 2.05) is 6.07 Å². The summed E-state index contributed by atoms with van der Waals surface area (Å²) in [4.78, 5) is 0.712. The zero-order valence-corrected chi connectivity index (χ0v) is 10.7. The van der Waals surface area contributed by atoms with Gasteiger partial charge in [0.2, 0.25) is 0 Å². The van der Waals surface area contributed by atoms with Crippen molar-refractivity contribution in [3.63, 3.8) is 0 Å². The van der Waals surface area contributed by atoms with Crippen molar-refractivity contribution in [3.05, 3.63) is 29.8 Å². The Labute approximate surface area is 100.0 Å². The van der Waals surface area contributed by atoms with E-state index in [2.05, 4.69) is 34.1 Å². The molecular formula is C13H17BrO. The van der Waals surface area contributed by atoms with Crippen LogP contribution in [0.25, 0.3) is 0 Å². The van der Waals surface area contributed by atoms with Gasteiger partial charge in [-0.2, -0.15) is 0 Å². The van der Waals surface area contributed by atoms with Crippen LogP contribution in [0.15, 0.2) is 24.3 Å². The summed E-state index contributed by atoms with van der Waals surface area (Å²) >= 11 is 3.77. The van der Waals surface area contributed by atoms with Gasteiger partial charge in [-0.3, -0.25) is 0 Å². The molecule has 0 aromatic heterocycles. The number of halogens is 1. The number of ether oxygens (including phenoxy) is 1. The van der Waals surface area contributed by atoms with Crippen molar-refractivity contribution >= 4 is 15.9 Å². The first-order valence-corrected chi connectivity index (χ1v) is 6.48. The summed E-state index contributed by atoms with van der Waals surface area (Å²) in [5.41, 5.74) is 1.39. The molecule has 2 unspecified atom stereocenters. The zero-order valence-electron chi connectivity index (χ0n) is 9.08. The molecule has 0 amide bonds. The molecule has 0 radical (unpaired) electrons. The molecule has 0 saturated heterocycles. The van der Waals surface area contributed by atoms with Crippen LogP contribution >= 0.6 is 15.9 Å². The molecule has 2 rings (SSSR count). The van der Waals surface area contributed by atoms with Gasteiger partial charge in [0, 0.05) is 4.83 Å². The summed E-state index contributed by atoms with van der Waals surface area (Å²) in [5, 5.41) is 0. The lowest BCUT2D eigenvalue weighted by molar-refractivity contribution is 0.413. The monoisotopic (exact) mass is 268 g/mol. The van der Waals surface area contributed by atoms with Gasteiger partial charge in [0.15, 0.2) is 0 Å². The fourth-order valence-electron chi connectivity index (χ4n) is 2.32. The Morgan fingerprint density at radius 2 is 2.27 bits per heavy atom. The first-order valence-electron chi connectivity index (χ1n) is 5.56. The first kappa shape index (κ1) is 11.0. The molecule has 0 N–H and O–H groups in total. The summed E-state index contributed by atoms with van der Waals surface area (Å²) < 4.78 is 5.23. The smallest absolute Gasteiger partial charge is 0.119 e. The standard InChI is InChI=1S/C13H17BrO/c1-15-12-6-2-4-10(9-12)8-11-5-3-7-13(11)14/h2,4,6,9,11,13H,3,5,7-8H2,1H3. The Bertz CT molecular complexity index is 324. The molecule has 2 heteroatoms. The molecule has 1 saturated carbocycles. The summed E-state index contributed by atoms with van der Waals surface area (Å²) in [6.07, 6.45) is 5.22. The van der Waals surface area contributed by atoms with Crippen molar-refractivity contribution in [1.82, 2.24) is 0 Å². The zero-order chi connectivity index (χ0) is 10.7. The first-order chi connectivity index (χ1) is 7.29. The second kappa shape index (κ2) is 5.02. The summed E-state index contributed by atoms with van der Waals surface area (Å²) in [6, 6.07) is 8.43. The van der Waals surface area contributed by atoms with Gasteiger partial charge in [0.1, 0.15) is 5.75 Å². The minimum atomic E-state index is 0.712. The Kier molecular flexibility index (Phi) is 3.68. The van der Waals surface area contributed by atoms with Crippen molar-refractivity contribution in [3.8, 4) is 5.75 Å². The molecule has 1 aromatic rings. The second-order valence-corrected chi connectivity index (χ2v) is 5.44. The van der Waals surface area contributed by atoms with E-state index < -0.39 is 0 Å². The minimum absolute atomic E-state index is 0.712. The van der Waals surface area contributed by atoms with Crippen LogP contribution in [0.3, 0.4) is 0 Å². The van der Waals surface area contributed by atoms with Crippen molar-refractivity contribution < 1.29 is 4.74 Å². The van der Waals surface area contributed by atoms with E-state index in [0.717, 1.165) is 11.7 Å². The average molecular weight is 269 g/mol. The van der Waals surface area contributed by atoms with E-state index in [1.54, 1.807) is 7.11 Å². The van der Waals surface area contributed by atoms with E-state index >= 15 is 0 Å². The largest absolute Gasteiger partial charge is 0.497 e. The van der Waals surface area contributed by atoms with E-state index in [9.17, 15) is 0 Å². The molecule has 1 aliphatic rings. The molecule has 1 aliphatic carbocycles. The number of rotatable bonds is 3. The molecule has 1 nitrogen and oxygen atoms in total. The van der Waals surface area contributed by atoms with Crippen LogP contribution in [-0.2, 0) is 6.42 Å². The van der Waals surface area contributed by atoms with Gasteiger partial charge in [-0.25, -0.2) is 0 Å². The lowest BCUT2D eigenvalue weighted by Crippen LogP contribution is -2.09. The van der Waals surface area contributed by atoms with Gasteiger partial charge >= 0.3 is 0 Å². The molecule has 2 atom stereocenters. The molecule has 82 valence electrons. The molecule has 0 aliphatic heterocycles. The maximum absolute atomic E-state index is 5.23. The Morgan fingerprint density at radius 1 is 1.40 bits per heavy atom. The lowest BCUT2D eigenvalue weighted by atomic mass is 9.98. The second-order valence-electron chi connectivity index (χ2n) is 4.26. The molecule has 0 spiro atoms. The third kappa shape index (κ3) is 2.75. The van der Waals surface area contributed by atoms with E-state index in [1.165, 1.54) is 31.2 Å². The third-order valence-corrected chi connectivity index (χ3v) is 4.40. The number of alkyl halides is 1. The fraction of sp³-hybridized carbons (Fsp3) is 0.538. The van der Waals surface area contributed by atoms with E-state index in [4.69, 9.17) is 4.74 Å². The molecule has 15 heavy (non-hydrogen) atoms. The van der Waals surface area contributed by atoms with Crippen LogP contribution in [0.5, 0.6) is 5.75 Å². The van der Waals surface area contributed by atoms with Gasteiger partial charge in [0.05, 0.1) is 7.11 Å². The van der Waals surface area contributed by atoms with Crippen molar-refractivity contribution in [2.24, 2.45) is 5.92 Å². The van der Waals surface area contributed by atoms with Crippen molar-refractivity contribution in [2.45, 2.75) is 30.5 Å². The SMILES string of the molecule is COc1cccc(CC2CCCC2Br)c1. The molecule has 0 bridgehead atoms. The highest BCUT2D eigenvalue weighted by atomic mass is 79.9. The van der Waals surface area contributed by atoms with E-state index in [0.29, 0.717) is 4.83 Å².